The number of pyridine rings is 1. The Hall–Kier alpha value is -2.01. The summed E-state index contributed by atoms with van der Waals surface area (Å²) in [7, 11) is 4.80. The third-order valence-electron chi connectivity index (χ3n) is 3.03. The minimum Gasteiger partial charge on any atom is -0.493 e. The Morgan fingerprint density at radius 1 is 1.05 bits per heavy atom. The minimum atomic E-state index is 0.544. The standard InChI is InChI=1S/C14H18N2O3/c1-17-12-8-10-9(13(18-2)14(12)19-3)5-7-16-11(10)4-6-15/h5,7-8H,4,6,15H2,1-3H3. The predicted octanol–water partition coefficient (Wildman–Crippen LogP) is 1.76. The Morgan fingerprint density at radius 3 is 2.37 bits per heavy atom. The Bertz CT molecular complexity index is 584. The van der Waals surface area contributed by atoms with Gasteiger partial charge >= 0.3 is 0 Å². The molecule has 2 rings (SSSR count). The number of nitrogens with two attached hydrogens (primary N) is 1. The second kappa shape index (κ2) is 5.75. The summed E-state index contributed by atoms with van der Waals surface area (Å²) >= 11 is 0. The number of rotatable bonds is 5. The molecule has 0 radical (unpaired) electrons. The SMILES string of the molecule is COc1cc2c(CCN)nccc2c(OC)c1OC. The van der Waals surface area contributed by atoms with Gasteiger partial charge in [-0.3, -0.25) is 4.98 Å². The smallest absolute Gasteiger partial charge is 0.203 e. The molecule has 0 saturated carbocycles. The lowest BCUT2D eigenvalue weighted by molar-refractivity contribution is 0.327. The predicted molar refractivity (Wildman–Crippen MR) is 74.2 cm³/mol. The van der Waals surface area contributed by atoms with E-state index in [1.54, 1.807) is 27.5 Å². The number of aromatic nitrogens is 1. The fourth-order valence-electron chi connectivity index (χ4n) is 2.19. The van der Waals surface area contributed by atoms with Crippen LogP contribution in [-0.4, -0.2) is 32.9 Å². The molecule has 0 aliphatic rings. The molecule has 0 spiro atoms. The fourth-order valence-corrected chi connectivity index (χ4v) is 2.19. The maximum atomic E-state index is 5.62. The van der Waals surface area contributed by atoms with Gasteiger partial charge in [-0.05, 0) is 18.7 Å². The van der Waals surface area contributed by atoms with Crippen molar-refractivity contribution in [3.05, 3.63) is 24.0 Å². The van der Waals surface area contributed by atoms with Crippen molar-refractivity contribution in [3.63, 3.8) is 0 Å². The van der Waals surface area contributed by atoms with Crippen LogP contribution >= 0.6 is 0 Å². The van der Waals surface area contributed by atoms with Gasteiger partial charge in [-0.1, -0.05) is 0 Å². The van der Waals surface area contributed by atoms with Crippen LogP contribution < -0.4 is 19.9 Å². The van der Waals surface area contributed by atoms with E-state index < -0.39 is 0 Å². The second-order valence-corrected chi connectivity index (χ2v) is 4.04. The molecule has 5 heteroatoms. The van der Waals surface area contributed by atoms with Crippen molar-refractivity contribution >= 4 is 10.8 Å². The third kappa shape index (κ3) is 2.29. The summed E-state index contributed by atoms with van der Waals surface area (Å²) in [5, 5.41) is 1.92. The quantitative estimate of drug-likeness (QED) is 0.889. The summed E-state index contributed by atoms with van der Waals surface area (Å²) in [4.78, 5) is 4.37. The van der Waals surface area contributed by atoms with Gasteiger partial charge in [0.1, 0.15) is 0 Å². The number of benzene rings is 1. The summed E-state index contributed by atoms with van der Waals surface area (Å²) < 4.78 is 16.2. The van der Waals surface area contributed by atoms with E-state index in [1.807, 2.05) is 12.1 Å². The van der Waals surface area contributed by atoms with Gasteiger partial charge in [-0.25, -0.2) is 0 Å². The van der Waals surface area contributed by atoms with Gasteiger partial charge in [0.2, 0.25) is 5.75 Å². The largest absolute Gasteiger partial charge is 0.493 e. The van der Waals surface area contributed by atoms with Crippen molar-refractivity contribution in [1.82, 2.24) is 4.98 Å². The molecule has 1 heterocycles. The zero-order valence-corrected chi connectivity index (χ0v) is 11.4. The first-order chi connectivity index (χ1) is 9.26. The summed E-state index contributed by atoms with van der Waals surface area (Å²) in [6.45, 7) is 0.544. The van der Waals surface area contributed by atoms with Gasteiger partial charge in [0.05, 0.1) is 21.3 Å². The lowest BCUT2D eigenvalue weighted by Gasteiger charge is -2.15. The number of hydrogen-bond donors (Lipinski definition) is 1. The minimum absolute atomic E-state index is 0.544. The van der Waals surface area contributed by atoms with E-state index in [0.717, 1.165) is 16.5 Å². The van der Waals surface area contributed by atoms with Crippen LogP contribution in [0.1, 0.15) is 5.69 Å². The van der Waals surface area contributed by atoms with E-state index in [-0.39, 0.29) is 0 Å². The Balaban J connectivity index is 2.79. The topological polar surface area (TPSA) is 66.6 Å². The molecular weight excluding hydrogens is 244 g/mol. The van der Waals surface area contributed by atoms with Crippen molar-refractivity contribution in [2.75, 3.05) is 27.9 Å². The highest BCUT2D eigenvalue weighted by Gasteiger charge is 2.17. The zero-order valence-electron chi connectivity index (χ0n) is 11.4. The summed E-state index contributed by atoms with van der Waals surface area (Å²) in [5.41, 5.74) is 6.55. The van der Waals surface area contributed by atoms with Crippen LogP contribution in [0.4, 0.5) is 0 Å². The van der Waals surface area contributed by atoms with Crippen molar-refractivity contribution < 1.29 is 14.2 Å². The Labute approximate surface area is 112 Å². The molecule has 0 saturated heterocycles. The van der Waals surface area contributed by atoms with Gasteiger partial charge in [0.15, 0.2) is 11.5 Å². The number of nitrogens with zero attached hydrogens (tertiary/aromatic N) is 1. The van der Waals surface area contributed by atoms with Crippen LogP contribution in [0.3, 0.4) is 0 Å². The van der Waals surface area contributed by atoms with Crippen molar-refractivity contribution in [3.8, 4) is 17.2 Å². The van der Waals surface area contributed by atoms with Crippen molar-refractivity contribution in [2.45, 2.75) is 6.42 Å². The van der Waals surface area contributed by atoms with E-state index in [2.05, 4.69) is 4.98 Å². The van der Waals surface area contributed by atoms with Crippen LogP contribution in [0, 0.1) is 0 Å². The second-order valence-electron chi connectivity index (χ2n) is 4.04. The van der Waals surface area contributed by atoms with E-state index >= 15 is 0 Å². The zero-order chi connectivity index (χ0) is 13.8. The highest BCUT2D eigenvalue weighted by Crippen LogP contribution is 2.43. The molecule has 0 fully saturated rings. The van der Waals surface area contributed by atoms with Crippen LogP contribution in [0.5, 0.6) is 17.2 Å². The molecule has 2 aromatic rings. The maximum absolute atomic E-state index is 5.62. The first-order valence-corrected chi connectivity index (χ1v) is 6.03. The molecule has 0 aliphatic heterocycles. The summed E-state index contributed by atoms with van der Waals surface area (Å²) in [6.07, 6.45) is 2.46. The average molecular weight is 262 g/mol. The highest BCUT2D eigenvalue weighted by atomic mass is 16.5. The lowest BCUT2D eigenvalue weighted by Crippen LogP contribution is -2.05. The first-order valence-electron chi connectivity index (χ1n) is 6.03. The van der Waals surface area contributed by atoms with Crippen molar-refractivity contribution in [2.24, 2.45) is 5.73 Å². The molecule has 2 N–H and O–H groups in total. The van der Waals surface area contributed by atoms with Gasteiger partial charge in [-0.15, -0.1) is 0 Å². The van der Waals surface area contributed by atoms with E-state index in [9.17, 15) is 0 Å². The molecule has 102 valence electrons. The normalized spacial score (nSPS) is 10.5. The van der Waals surface area contributed by atoms with E-state index in [4.69, 9.17) is 19.9 Å². The van der Waals surface area contributed by atoms with E-state index in [0.29, 0.717) is 30.2 Å². The third-order valence-corrected chi connectivity index (χ3v) is 3.03. The number of ether oxygens (including phenoxy) is 3. The van der Waals surface area contributed by atoms with Gasteiger partial charge in [-0.2, -0.15) is 0 Å². The molecule has 1 aromatic heterocycles. The van der Waals surface area contributed by atoms with Crippen LogP contribution in [0.2, 0.25) is 0 Å². The molecule has 0 unspecified atom stereocenters. The number of fused-ring (bicyclic) bond motifs is 1. The van der Waals surface area contributed by atoms with Crippen LogP contribution in [0.25, 0.3) is 10.8 Å². The Kier molecular flexibility index (Phi) is 4.06. The molecule has 0 amide bonds. The first kappa shape index (κ1) is 13.4. The van der Waals surface area contributed by atoms with Crippen molar-refractivity contribution in [1.29, 1.82) is 0 Å². The molecule has 5 nitrogen and oxygen atoms in total. The average Bonchev–Trinajstić information content (AvgIpc) is 2.45. The molecule has 0 aliphatic carbocycles. The van der Waals surface area contributed by atoms with Crippen LogP contribution in [-0.2, 0) is 6.42 Å². The summed E-state index contributed by atoms with van der Waals surface area (Å²) in [5.74, 6) is 1.86. The lowest BCUT2D eigenvalue weighted by atomic mass is 10.1. The van der Waals surface area contributed by atoms with Gasteiger partial charge < -0.3 is 19.9 Å². The number of hydrogen-bond acceptors (Lipinski definition) is 5. The Morgan fingerprint density at radius 2 is 1.79 bits per heavy atom. The maximum Gasteiger partial charge on any atom is 0.203 e. The summed E-state index contributed by atoms with van der Waals surface area (Å²) in [6, 6.07) is 3.81. The number of methoxy groups -OCH3 is 3. The van der Waals surface area contributed by atoms with Crippen LogP contribution in [0.15, 0.2) is 18.3 Å². The molecule has 1 aromatic carbocycles. The highest BCUT2D eigenvalue weighted by molar-refractivity contribution is 5.94. The van der Waals surface area contributed by atoms with E-state index in [1.165, 1.54) is 0 Å². The fraction of sp³-hybridized carbons (Fsp3) is 0.357. The van der Waals surface area contributed by atoms with Gasteiger partial charge in [0, 0.05) is 29.1 Å². The van der Waals surface area contributed by atoms with Gasteiger partial charge in [0.25, 0.3) is 0 Å². The molecule has 0 atom stereocenters. The molecule has 0 bridgehead atoms. The molecular formula is C14H18N2O3. The monoisotopic (exact) mass is 262 g/mol. The molecule has 19 heavy (non-hydrogen) atoms.